The van der Waals surface area contributed by atoms with E-state index in [9.17, 15) is 9.59 Å². The highest BCUT2D eigenvalue weighted by Crippen LogP contribution is 1.82. The minimum absolute atomic E-state index is 0.239. The van der Waals surface area contributed by atoms with Crippen LogP contribution in [0.4, 0.5) is 9.59 Å². The van der Waals surface area contributed by atoms with Crippen LogP contribution in [0.3, 0.4) is 0 Å². The lowest BCUT2D eigenvalue weighted by Gasteiger charge is -2.05. The van der Waals surface area contributed by atoms with Gasteiger partial charge in [0, 0.05) is 6.54 Å². The lowest BCUT2D eigenvalue weighted by molar-refractivity contribution is 0.0733. The van der Waals surface area contributed by atoms with Gasteiger partial charge in [0.25, 0.3) is 0 Å². The average molecular weight is 220 g/mol. The van der Waals surface area contributed by atoms with Crippen LogP contribution in [0.5, 0.6) is 0 Å². The van der Waals surface area contributed by atoms with Gasteiger partial charge in [0.1, 0.15) is 6.61 Å². The molecular formula is C8H16N2O5. The van der Waals surface area contributed by atoms with Gasteiger partial charge in [-0.15, -0.1) is 0 Å². The van der Waals surface area contributed by atoms with Crippen molar-refractivity contribution >= 4 is 12.2 Å². The van der Waals surface area contributed by atoms with Crippen LogP contribution in [0.15, 0.2) is 0 Å². The summed E-state index contributed by atoms with van der Waals surface area (Å²) >= 11 is 0. The van der Waals surface area contributed by atoms with Crippen LogP contribution in [0.25, 0.3) is 0 Å². The molecule has 7 heteroatoms. The van der Waals surface area contributed by atoms with Crippen molar-refractivity contribution in [3.8, 4) is 0 Å². The number of hydrogen-bond acceptors (Lipinski definition) is 6. The summed E-state index contributed by atoms with van der Waals surface area (Å²) in [4.78, 5) is 20.6. The Morgan fingerprint density at radius 2 is 1.93 bits per heavy atom. The molecule has 0 rings (SSSR count). The highest BCUT2D eigenvalue weighted by molar-refractivity contribution is 5.64. The maximum Gasteiger partial charge on any atom is 0.508 e. The molecule has 0 saturated carbocycles. The molecule has 0 fully saturated rings. The number of nitrogens with one attached hydrogen (secondary N) is 1. The molecule has 0 aliphatic rings. The Hall–Kier alpha value is -1.50. The molecule has 7 nitrogen and oxygen atoms in total. The Morgan fingerprint density at radius 3 is 2.53 bits per heavy atom. The third kappa shape index (κ3) is 10.4. The summed E-state index contributed by atoms with van der Waals surface area (Å²) in [6, 6.07) is 0. The van der Waals surface area contributed by atoms with Crippen LogP contribution in [0.1, 0.15) is 6.42 Å². The van der Waals surface area contributed by atoms with Crippen molar-refractivity contribution in [2.24, 2.45) is 5.73 Å². The third-order valence-corrected chi connectivity index (χ3v) is 1.41. The quantitative estimate of drug-likeness (QED) is 0.457. The summed E-state index contributed by atoms with van der Waals surface area (Å²) < 4.78 is 13.4. The van der Waals surface area contributed by atoms with Gasteiger partial charge in [-0.1, -0.05) is 0 Å². The molecule has 0 aliphatic carbocycles. The molecule has 0 saturated heterocycles. The molecule has 0 atom stereocenters. The maximum absolute atomic E-state index is 10.5. The highest BCUT2D eigenvalue weighted by atomic mass is 16.7. The van der Waals surface area contributed by atoms with Crippen molar-refractivity contribution in [1.82, 2.24) is 5.32 Å². The third-order valence-electron chi connectivity index (χ3n) is 1.41. The largest absolute Gasteiger partial charge is 0.508 e. The number of amides is 1. The second-order valence-corrected chi connectivity index (χ2v) is 2.57. The topological polar surface area (TPSA) is 99.9 Å². The van der Waals surface area contributed by atoms with Crippen molar-refractivity contribution in [2.45, 2.75) is 6.42 Å². The van der Waals surface area contributed by atoms with Gasteiger partial charge in [-0.05, 0) is 13.0 Å². The summed E-state index contributed by atoms with van der Waals surface area (Å²) in [6.07, 6.45) is -0.820. The summed E-state index contributed by atoms with van der Waals surface area (Å²) in [5.41, 5.74) is 4.75. The molecule has 0 heterocycles. The smallest absolute Gasteiger partial charge is 0.450 e. The number of rotatable bonds is 7. The van der Waals surface area contributed by atoms with Crippen molar-refractivity contribution in [2.75, 3.05) is 33.4 Å². The van der Waals surface area contributed by atoms with Crippen LogP contribution in [0, 0.1) is 0 Å². The molecular weight excluding hydrogens is 204 g/mol. The standard InChI is InChI=1S/C8H16N2O5/c1-13-8(12)15-6-4-10-3-2-5-14-7(9)11/h10H,2-6H2,1H3,(H2,9,11). The minimum Gasteiger partial charge on any atom is -0.450 e. The Morgan fingerprint density at radius 1 is 1.20 bits per heavy atom. The monoisotopic (exact) mass is 220 g/mol. The Labute approximate surface area is 87.8 Å². The fraction of sp³-hybridized carbons (Fsp3) is 0.750. The van der Waals surface area contributed by atoms with Crippen LogP contribution in [-0.4, -0.2) is 45.7 Å². The predicted octanol–water partition coefficient (Wildman–Crippen LogP) is -0.156. The number of methoxy groups -OCH3 is 1. The number of nitrogens with two attached hydrogens (primary N) is 1. The van der Waals surface area contributed by atoms with E-state index in [4.69, 9.17) is 5.73 Å². The van der Waals surface area contributed by atoms with E-state index >= 15 is 0 Å². The fourth-order valence-electron chi connectivity index (χ4n) is 0.760. The van der Waals surface area contributed by atoms with Gasteiger partial charge in [0.05, 0.1) is 13.7 Å². The van der Waals surface area contributed by atoms with Crippen LogP contribution in [0.2, 0.25) is 0 Å². The van der Waals surface area contributed by atoms with Gasteiger partial charge in [-0.25, -0.2) is 9.59 Å². The molecule has 0 spiro atoms. The summed E-state index contributed by atoms with van der Waals surface area (Å²) in [5.74, 6) is 0. The van der Waals surface area contributed by atoms with E-state index in [-0.39, 0.29) is 13.2 Å². The van der Waals surface area contributed by atoms with Crippen molar-refractivity contribution in [1.29, 1.82) is 0 Å². The Balaban J connectivity index is 3.05. The molecule has 88 valence electrons. The van der Waals surface area contributed by atoms with Gasteiger partial charge in [0.15, 0.2) is 0 Å². The normalized spacial score (nSPS) is 9.40. The van der Waals surface area contributed by atoms with E-state index in [0.29, 0.717) is 19.5 Å². The van der Waals surface area contributed by atoms with Gasteiger partial charge < -0.3 is 25.3 Å². The predicted molar refractivity (Wildman–Crippen MR) is 51.4 cm³/mol. The van der Waals surface area contributed by atoms with E-state index in [1.807, 2.05) is 0 Å². The number of carbonyl (C=O) groups excluding carboxylic acids is 2. The van der Waals surface area contributed by atoms with E-state index < -0.39 is 12.2 Å². The Kier molecular flexibility index (Phi) is 8.16. The second kappa shape index (κ2) is 9.07. The lowest BCUT2D eigenvalue weighted by atomic mass is 10.4. The molecule has 3 N–H and O–H groups in total. The van der Waals surface area contributed by atoms with E-state index in [1.54, 1.807) is 0 Å². The van der Waals surface area contributed by atoms with Gasteiger partial charge in [-0.2, -0.15) is 0 Å². The lowest BCUT2D eigenvalue weighted by Crippen LogP contribution is -2.24. The van der Waals surface area contributed by atoms with Crippen molar-refractivity contribution < 1.29 is 23.8 Å². The molecule has 1 amide bonds. The zero-order valence-corrected chi connectivity index (χ0v) is 8.65. The maximum atomic E-state index is 10.5. The average Bonchev–Trinajstić information content (AvgIpc) is 2.21. The first-order valence-electron chi connectivity index (χ1n) is 4.50. The SMILES string of the molecule is COC(=O)OCCNCCCOC(N)=O. The van der Waals surface area contributed by atoms with E-state index in [1.165, 1.54) is 7.11 Å². The van der Waals surface area contributed by atoms with Gasteiger partial charge in [-0.3, -0.25) is 0 Å². The second-order valence-electron chi connectivity index (χ2n) is 2.57. The first-order valence-corrected chi connectivity index (χ1v) is 4.50. The summed E-state index contributed by atoms with van der Waals surface area (Å²) in [6.45, 7) is 1.69. The molecule has 0 unspecified atom stereocenters. The van der Waals surface area contributed by atoms with Crippen molar-refractivity contribution in [3.05, 3.63) is 0 Å². The van der Waals surface area contributed by atoms with Crippen LogP contribution < -0.4 is 11.1 Å². The molecule has 0 aliphatic heterocycles. The van der Waals surface area contributed by atoms with Crippen LogP contribution in [-0.2, 0) is 14.2 Å². The number of primary amides is 1. The minimum atomic E-state index is -0.774. The zero-order valence-electron chi connectivity index (χ0n) is 8.65. The fourth-order valence-corrected chi connectivity index (χ4v) is 0.760. The molecule has 0 radical (unpaired) electrons. The van der Waals surface area contributed by atoms with E-state index in [0.717, 1.165) is 0 Å². The number of hydrogen-bond donors (Lipinski definition) is 2. The first kappa shape index (κ1) is 13.5. The zero-order chi connectivity index (χ0) is 11.5. The highest BCUT2D eigenvalue weighted by Gasteiger charge is 1.98. The van der Waals surface area contributed by atoms with Gasteiger partial charge >= 0.3 is 12.2 Å². The van der Waals surface area contributed by atoms with Crippen LogP contribution >= 0.6 is 0 Å². The number of ether oxygens (including phenoxy) is 3. The molecule has 0 aromatic heterocycles. The number of carbonyl (C=O) groups is 2. The van der Waals surface area contributed by atoms with E-state index in [2.05, 4.69) is 19.5 Å². The Bertz CT molecular complexity index is 197. The summed E-state index contributed by atoms with van der Waals surface area (Å²) in [5, 5.41) is 2.97. The van der Waals surface area contributed by atoms with Crippen molar-refractivity contribution in [3.63, 3.8) is 0 Å². The molecule has 0 aromatic rings. The van der Waals surface area contributed by atoms with Gasteiger partial charge in [0.2, 0.25) is 0 Å². The molecule has 0 bridgehead atoms. The molecule has 15 heavy (non-hydrogen) atoms. The molecule has 0 aromatic carbocycles. The summed E-state index contributed by atoms with van der Waals surface area (Å²) in [7, 11) is 1.25. The first-order chi connectivity index (χ1) is 7.16.